The maximum absolute atomic E-state index is 4.98. The van der Waals surface area contributed by atoms with Gasteiger partial charge in [-0.15, -0.1) is 68.0 Å². The van der Waals surface area contributed by atoms with Gasteiger partial charge in [0.15, 0.2) is 0 Å². The maximum atomic E-state index is 4.98. The van der Waals surface area contributed by atoms with Crippen molar-refractivity contribution in [1.29, 1.82) is 0 Å². The molecule has 1 spiro atoms. The van der Waals surface area contributed by atoms with Crippen LogP contribution in [0, 0.1) is 23.2 Å². The number of thiophene rings is 6. The summed E-state index contributed by atoms with van der Waals surface area (Å²) in [6, 6.07) is 45.3. The van der Waals surface area contributed by atoms with Crippen LogP contribution in [0.5, 0.6) is 0 Å². The first-order valence-electron chi connectivity index (χ1n) is 23.5. The van der Waals surface area contributed by atoms with Gasteiger partial charge in [-0.25, -0.2) is 0 Å². The van der Waals surface area contributed by atoms with Crippen LogP contribution in [0.1, 0.15) is 56.2 Å². The van der Waals surface area contributed by atoms with Crippen molar-refractivity contribution in [2.24, 2.45) is 23.2 Å². The monoisotopic (exact) mass is 1020 g/mol. The summed E-state index contributed by atoms with van der Waals surface area (Å²) in [5.74, 6) is 3.78. The standard InChI is InChI=1S/C56H40N4S8/c1-2-29-26-37(29)38-23-24-56(38)27-30(28-56)39-17-18-43(62-39)34-15-16-36(53-52(34)59-68-60-53)45-20-22-47(64-45)55-49(32-9-4-6-11-42(32)66-55)48-31-8-3-5-10-41(31)65-54(48)46-21-19-44(63-46)35-14-13-33(40-12-7-25-61-40)50-51(35)58-67-57-50/h3-22,25,29-30,37-38H,2,23-24,26-28H2,1H3. The van der Waals surface area contributed by atoms with E-state index in [2.05, 4.69) is 134 Å². The molecule has 12 heteroatoms. The molecule has 4 aromatic carbocycles. The average molecular weight is 1030 g/mol. The third-order valence-corrected chi connectivity index (χ3v) is 23.8. The van der Waals surface area contributed by atoms with E-state index in [1.54, 1.807) is 16.2 Å². The summed E-state index contributed by atoms with van der Waals surface area (Å²) < 4.78 is 22.2. The largest absolute Gasteiger partial charge is 0.172 e. The lowest BCUT2D eigenvalue weighted by Gasteiger charge is -2.60. The average Bonchev–Trinajstić information content (AvgIpc) is 4.18. The third kappa shape index (κ3) is 6.34. The quantitative estimate of drug-likeness (QED) is 0.137. The van der Waals surface area contributed by atoms with Crippen LogP contribution in [0.15, 0.2) is 127 Å². The summed E-state index contributed by atoms with van der Waals surface area (Å²) in [6.45, 7) is 2.39. The number of rotatable bonds is 10. The number of benzene rings is 4. The first kappa shape index (κ1) is 41.1. The summed E-state index contributed by atoms with van der Waals surface area (Å²) in [7, 11) is 0. The highest BCUT2D eigenvalue weighted by Crippen LogP contribution is 2.71. The smallest absolute Gasteiger partial charge is 0.114 e. The minimum absolute atomic E-state index is 0.660. The van der Waals surface area contributed by atoms with Crippen molar-refractivity contribution in [3.8, 4) is 72.4 Å². The number of hydrogen-bond donors (Lipinski definition) is 0. The Morgan fingerprint density at radius 3 is 1.53 bits per heavy atom. The second kappa shape index (κ2) is 15.9. The van der Waals surface area contributed by atoms with Gasteiger partial charge in [0.05, 0.1) is 33.2 Å². The molecule has 3 aliphatic carbocycles. The third-order valence-electron chi connectivity index (χ3n) is 15.6. The van der Waals surface area contributed by atoms with Gasteiger partial charge in [0, 0.05) is 87.7 Å². The molecule has 0 radical (unpaired) electrons. The Morgan fingerprint density at radius 2 is 1.03 bits per heavy atom. The van der Waals surface area contributed by atoms with Gasteiger partial charge in [-0.1, -0.05) is 80.1 Å². The molecule has 0 amide bonds. The number of nitrogens with zero attached hydrogens (tertiary/aromatic N) is 4. The molecule has 332 valence electrons. The molecule has 3 unspecified atom stereocenters. The minimum atomic E-state index is 0.660. The Balaban J connectivity index is 0.781. The van der Waals surface area contributed by atoms with Crippen LogP contribution in [0.2, 0.25) is 0 Å². The zero-order chi connectivity index (χ0) is 44.7. The first-order valence-corrected chi connectivity index (χ1v) is 29.9. The molecule has 68 heavy (non-hydrogen) atoms. The number of fused-ring (bicyclic) bond motifs is 4. The van der Waals surface area contributed by atoms with E-state index >= 15 is 0 Å². The lowest BCUT2D eigenvalue weighted by Crippen LogP contribution is -2.50. The van der Waals surface area contributed by atoms with Gasteiger partial charge in [0.25, 0.3) is 0 Å². The van der Waals surface area contributed by atoms with Crippen LogP contribution >= 0.6 is 91.5 Å². The molecule has 12 aromatic rings. The summed E-state index contributed by atoms with van der Waals surface area (Å²) >= 11 is 13.9. The van der Waals surface area contributed by atoms with E-state index in [9.17, 15) is 0 Å². The van der Waals surface area contributed by atoms with Crippen LogP contribution in [0.4, 0.5) is 0 Å². The highest BCUT2D eigenvalue weighted by Gasteiger charge is 2.61. The van der Waals surface area contributed by atoms with E-state index in [0.29, 0.717) is 5.41 Å². The van der Waals surface area contributed by atoms with Gasteiger partial charge in [-0.05, 0) is 121 Å². The van der Waals surface area contributed by atoms with E-state index in [1.165, 1.54) is 138 Å². The van der Waals surface area contributed by atoms with Gasteiger partial charge in [0.1, 0.15) is 22.1 Å². The van der Waals surface area contributed by atoms with Crippen LogP contribution in [-0.4, -0.2) is 17.5 Å². The zero-order valence-electron chi connectivity index (χ0n) is 36.7. The highest BCUT2D eigenvalue weighted by molar-refractivity contribution is 7.29. The predicted molar refractivity (Wildman–Crippen MR) is 298 cm³/mol. The fourth-order valence-corrected chi connectivity index (χ4v) is 19.8. The van der Waals surface area contributed by atoms with Crippen molar-refractivity contribution in [2.45, 2.75) is 51.4 Å². The van der Waals surface area contributed by atoms with Crippen molar-refractivity contribution in [3.05, 3.63) is 132 Å². The predicted octanol–water partition coefficient (Wildman–Crippen LogP) is 19.4. The highest BCUT2D eigenvalue weighted by atomic mass is 32.1. The van der Waals surface area contributed by atoms with Crippen LogP contribution in [0.25, 0.3) is 115 Å². The van der Waals surface area contributed by atoms with Gasteiger partial charge in [-0.3, -0.25) is 0 Å². The SMILES string of the molecule is CCC1CC1C1CCC12CC(c1ccc(-c3ccc(-c4ccc(-c5sc6ccccc6c5-c5c(-c6ccc(-c7ccc(-c8cccs8)c8nsnc78)s6)sc6ccccc56)s4)c4nsnc34)s1)C2. The van der Waals surface area contributed by atoms with Crippen molar-refractivity contribution >= 4 is 134 Å². The lowest BCUT2D eigenvalue weighted by atomic mass is 9.45. The normalized spacial score (nSPS) is 21.1. The second-order valence-corrected chi connectivity index (χ2v) is 26.4. The molecule has 3 aliphatic rings. The number of hydrogen-bond acceptors (Lipinski definition) is 12. The fraction of sp³-hybridized carbons (Fsp3) is 0.214. The summed E-state index contributed by atoms with van der Waals surface area (Å²) in [6.07, 6.45) is 8.62. The second-order valence-electron chi connectivity index (χ2n) is 19.0. The Bertz CT molecular complexity index is 3900. The van der Waals surface area contributed by atoms with E-state index in [4.69, 9.17) is 17.5 Å². The molecule has 0 N–H and O–H groups in total. The molecule has 8 heterocycles. The number of aromatic nitrogens is 4. The van der Waals surface area contributed by atoms with E-state index in [1.807, 2.05) is 56.7 Å². The van der Waals surface area contributed by atoms with E-state index < -0.39 is 0 Å². The van der Waals surface area contributed by atoms with E-state index in [-0.39, 0.29) is 0 Å². The van der Waals surface area contributed by atoms with Crippen LogP contribution in [0.3, 0.4) is 0 Å². The molecular formula is C56H40N4S8. The Labute approximate surface area is 425 Å². The lowest BCUT2D eigenvalue weighted by molar-refractivity contribution is -0.0780. The van der Waals surface area contributed by atoms with Gasteiger partial charge in [0.2, 0.25) is 0 Å². The molecule has 0 aliphatic heterocycles. The summed E-state index contributed by atoms with van der Waals surface area (Å²) in [4.78, 5) is 11.7. The van der Waals surface area contributed by atoms with Crippen LogP contribution in [-0.2, 0) is 0 Å². The molecular weight excluding hydrogens is 985 g/mol. The molecule has 8 aromatic heterocycles. The molecule has 4 nitrogen and oxygen atoms in total. The van der Waals surface area contributed by atoms with Gasteiger partial charge >= 0.3 is 0 Å². The Hall–Kier alpha value is -4.76. The Kier molecular flexibility index (Phi) is 9.59. The molecule has 3 atom stereocenters. The molecule has 0 bridgehead atoms. The maximum Gasteiger partial charge on any atom is 0.114 e. The van der Waals surface area contributed by atoms with Gasteiger partial charge < -0.3 is 0 Å². The summed E-state index contributed by atoms with van der Waals surface area (Å²) in [5.41, 5.74) is 12.0. The van der Waals surface area contributed by atoms with Gasteiger partial charge in [-0.2, -0.15) is 17.5 Å². The van der Waals surface area contributed by atoms with Crippen molar-refractivity contribution in [2.75, 3.05) is 0 Å². The first-order chi connectivity index (χ1) is 33.6. The summed E-state index contributed by atoms with van der Waals surface area (Å²) in [5, 5.41) is 4.72. The molecule has 3 fully saturated rings. The fourth-order valence-electron chi connectivity index (χ4n) is 12.1. The van der Waals surface area contributed by atoms with E-state index in [0.717, 1.165) is 62.4 Å². The van der Waals surface area contributed by atoms with Crippen molar-refractivity contribution < 1.29 is 0 Å². The molecule has 0 saturated heterocycles. The van der Waals surface area contributed by atoms with Crippen LogP contribution < -0.4 is 0 Å². The molecule has 3 saturated carbocycles. The minimum Gasteiger partial charge on any atom is -0.172 e. The topological polar surface area (TPSA) is 51.6 Å². The zero-order valence-corrected chi connectivity index (χ0v) is 43.3. The Morgan fingerprint density at radius 1 is 0.515 bits per heavy atom. The molecule has 15 rings (SSSR count). The van der Waals surface area contributed by atoms with Crippen molar-refractivity contribution in [1.82, 2.24) is 17.5 Å². The van der Waals surface area contributed by atoms with Crippen molar-refractivity contribution in [3.63, 3.8) is 0 Å².